The average molecular weight is 280 g/mol. The van der Waals surface area contributed by atoms with Gasteiger partial charge in [-0.05, 0) is 12.8 Å². The zero-order valence-corrected chi connectivity index (χ0v) is 10.4. The fourth-order valence-corrected chi connectivity index (χ4v) is 1.48. The van der Waals surface area contributed by atoms with Crippen LogP contribution in [0.5, 0.6) is 5.75 Å². The van der Waals surface area contributed by atoms with Crippen molar-refractivity contribution in [2.75, 3.05) is 13.2 Å². The molecule has 1 aromatic carbocycles. The van der Waals surface area contributed by atoms with E-state index in [0.717, 1.165) is 6.07 Å². The number of halogens is 2. The number of hydrogen-bond donors (Lipinski definition) is 1. The van der Waals surface area contributed by atoms with Gasteiger partial charge in [-0.3, -0.25) is 10.1 Å². The fourth-order valence-electron chi connectivity index (χ4n) is 1.17. The number of rotatable bonds is 6. The zero-order valence-electron chi connectivity index (χ0n) is 8.86. The Morgan fingerprint density at radius 1 is 1.29 bits per heavy atom. The first-order valence-corrected chi connectivity index (χ1v) is 5.69. The van der Waals surface area contributed by atoms with Gasteiger partial charge in [0, 0.05) is 18.7 Å². The fraction of sp³-hybridized carbons (Fsp3) is 0.400. The molecule has 0 fully saturated rings. The van der Waals surface area contributed by atoms with Gasteiger partial charge in [-0.15, -0.1) is 0 Å². The average Bonchev–Trinajstić information content (AvgIpc) is 2.28. The molecule has 0 heterocycles. The highest BCUT2D eigenvalue weighted by Gasteiger charge is 2.18. The quantitative estimate of drug-likeness (QED) is 0.493. The molecule has 0 amide bonds. The molecule has 0 aliphatic rings. The summed E-state index contributed by atoms with van der Waals surface area (Å²) in [6.07, 6.45) is 1.18. The number of aliphatic hydroxyl groups excluding tert-OH is 1. The van der Waals surface area contributed by atoms with Gasteiger partial charge >= 0.3 is 5.69 Å². The van der Waals surface area contributed by atoms with E-state index < -0.39 is 4.92 Å². The van der Waals surface area contributed by atoms with Gasteiger partial charge in [0.25, 0.3) is 0 Å². The Hall–Kier alpha value is -1.04. The van der Waals surface area contributed by atoms with Gasteiger partial charge in [-0.1, -0.05) is 23.2 Å². The predicted molar refractivity (Wildman–Crippen MR) is 64.9 cm³/mol. The van der Waals surface area contributed by atoms with Crippen molar-refractivity contribution in [3.8, 4) is 5.75 Å². The lowest BCUT2D eigenvalue weighted by Gasteiger charge is -2.07. The number of hydrogen-bond acceptors (Lipinski definition) is 4. The molecule has 0 unspecified atom stereocenters. The molecule has 1 aromatic rings. The number of nitro benzene ring substituents is 1. The standard InChI is InChI=1S/C10H11Cl2NO4/c11-7-5-9(13(15)16)10(6-8(7)12)17-4-2-1-3-14/h5-6,14H,1-4H2. The third kappa shape index (κ3) is 4.03. The van der Waals surface area contributed by atoms with Gasteiger partial charge in [0.05, 0.1) is 21.6 Å². The number of unbranched alkanes of at least 4 members (excludes halogenated alkanes) is 1. The maximum Gasteiger partial charge on any atom is 0.312 e. The molecule has 0 saturated carbocycles. The van der Waals surface area contributed by atoms with E-state index in [1.807, 2.05) is 0 Å². The second-order valence-electron chi connectivity index (χ2n) is 3.27. The summed E-state index contributed by atoms with van der Waals surface area (Å²) < 4.78 is 5.24. The molecule has 5 nitrogen and oxygen atoms in total. The Kier molecular flexibility index (Phi) is 5.47. The Bertz CT molecular complexity index is 412. The molecule has 0 aromatic heterocycles. The predicted octanol–water partition coefficient (Wildman–Crippen LogP) is 3.05. The Balaban J connectivity index is 2.81. The van der Waals surface area contributed by atoms with Crippen LogP contribution < -0.4 is 4.74 Å². The number of aliphatic hydroxyl groups is 1. The first-order chi connectivity index (χ1) is 8.06. The monoisotopic (exact) mass is 279 g/mol. The van der Waals surface area contributed by atoms with Crippen LogP contribution in [0.1, 0.15) is 12.8 Å². The molecule has 94 valence electrons. The van der Waals surface area contributed by atoms with E-state index in [2.05, 4.69) is 0 Å². The summed E-state index contributed by atoms with van der Waals surface area (Å²) in [5, 5.41) is 19.7. The largest absolute Gasteiger partial charge is 0.487 e. The molecule has 7 heteroatoms. The van der Waals surface area contributed by atoms with Crippen molar-refractivity contribution in [2.45, 2.75) is 12.8 Å². The second-order valence-corrected chi connectivity index (χ2v) is 4.08. The van der Waals surface area contributed by atoms with Crippen molar-refractivity contribution in [3.05, 3.63) is 32.3 Å². The zero-order chi connectivity index (χ0) is 12.8. The van der Waals surface area contributed by atoms with E-state index in [1.54, 1.807) is 0 Å². The molecule has 1 N–H and O–H groups in total. The van der Waals surface area contributed by atoms with Crippen molar-refractivity contribution in [2.24, 2.45) is 0 Å². The van der Waals surface area contributed by atoms with Gasteiger partial charge in [-0.2, -0.15) is 0 Å². The maximum atomic E-state index is 10.8. The summed E-state index contributed by atoms with van der Waals surface area (Å²) in [5.41, 5.74) is -0.219. The summed E-state index contributed by atoms with van der Waals surface area (Å²) >= 11 is 11.4. The van der Waals surface area contributed by atoms with Crippen LogP contribution in [-0.2, 0) is 0 Å². The first-order valence-electron chi connectivity index (χ1n) is 4.93. The number of benzene rings is 1. The van der Waals surface area contributed by atoms with Crippen LogP contribution in [0, 0.1) is 10.1 Å². The van der Waals surface area contributed by atoms with Gasteiger partial charge in [0.15, 0.2) is 5.75 Å². The van der Waals surface area contributed by atoms with E-state index in [4.69, 9.17) is 33.0 Å². The molecule has 0 bridgehead atoms. The van der Waals surface area contributed by atoms with Crippen LogP contribution in [0.25, 0.3) is 0 Å². The lowest BCUT2D eigenvalue weighted by atomic mass is 10.3. The highest BCUT2D eigenvalue weighted by molar-refractivity contribution is 6.42. The number of nitrogens with zero attached hydrogens (tertiary/aromatic N) is 1. The minimum Gasteiger partial charge on any atom is -0.487 e. The van der Waals surface area contributed by atoms with Gasteiger partial charge in [0.1, 0.15) is 0 Å². The van der Waals surface area contributed by atoms with E-state index in [-0.39, 0.29) is 34.7 Å². The van der Waals surface area contributed by atoms with Crippen molar-refractivity contribution in [1.82, 2.24) is 0 Å². The SMILES string of the molecule is O=[N+]([O-])c1cc(Cl)c(Cl)cc1OCCCCO. The van der Waals surface area contributed by atoms with E-state index >= 15 is 0 Å². The first kappa shape index (κ1) is 14.0. The minimum atomic E-state index is -0.580. The molecule has 0 spiro atoms. The second kappa shape index (κ2) is 6.64. The van der Waals surface area contributed by atoms with Crippen LogP contribution in [0.4, 0.5) is 5.69 Å². The smallest absolute Gasteiger partial charge is 0.312 e. The van der Waals surface area contributed by atoms with Crippen LogP contribution in [0.3, 0.4) is 0 Å². The molecule has 17 heavy (non-hydrogen) atoms. The highest BCUT2D eigenvalue weighted by Crippen LogP contribution is 2.35. The van der Waals surface area contributed by atoms with Gasteiger partial charge in [0.2, 0.25) is 0 Å². The topological polar surface area (TPSA) is 72.6 Å². The lowest BCUT2D eigenvalue weighted by Crippen LogP contribution is -2.01. The van der Waals surface area contributed by atoms with E-state index in [0.29, 0.717) is 12.8 Å². The lowest BCUT2D eigenvalue weighted by molar-refractivity contribution is -0.385. The Morgan fingerprint density at radius 2 is 1.94 bits per heavy atom. The van der Waals surface area contributed by atoms with Crippen molar-refractivity contribution in [3.63, 3.8) is 0 Å². The molecular formula is C10H11Cl2NO4. The molecule has 0 aliphatic carbocycles. The summed E-state index contributed by atoms with van der Waals surface area (Å²) in [7, 11) is 0. The Morgan fingerprint density at radius 3 is 2.53 bits per heavy atom. The minimum absolute atomic E-state index is 0.0623. The van der Waals surface area contributed by atoms with Crippen molar-refractivity contribution in [1.29, 1.82) is 0 Å². The third-order valence-electron chi connectivity index (χ3n) is 2.01. The normalized spacial score (nSPS) is 10.3. The Labute approximate surface area is 108 Å². The number of ether oxygens (including phenoxy) is 1. The molecule has 1 rings (SSSR count). The molecule has 0 atom stereocenters. The van der Waals surface area contributed by atoms with Crippen molar-refractivity contribution < 1.29 is 14.8 Å². The van der Waals surface area contributed by atoms with Gasteiger partial charge in [-0.25, -0.2) is 0 Å². The highest BCUT2D eigenvalue weighted by atomic mass is 35.5. The maximum absolute atomic E-state index is 10.8. The summed E-state index contributed by atoms with van der Waals surface area (Å²) in [4.78, 5) is 10.2. The van der Waals surface area contributed by atoms with Crippen LogP contribution in [0.2, 0.25) is 10.0 Å². The molecule has 0 radical (unpaired) electrons. The summed E-state index contributed by atoms with van der Waals surface area (Å²) in [6.45, 7) is 0.339. The molecular weight excluding hydrogens is 269 g/mol. The number of nitro groups is 1. The summed E-state index contributed by atoms with van der Waals surface area (Å²) in [6, 6.07) is 2.48. The van der Waals surface area contributed by atoms with Crippen LogP contribution in [0.15, 0.2) is 12.1 Å². The molecule has 0 saturated heterocycles. The molecule has 0 aliphatic heterocycles. The van der Waals surface area contributed by atoms with Crippen LogP contribution >= 0.6 is 23.2 Å². The van der Waals surface area contributed by atoms with E-state index in [9.17, 15) is 10.1 Å². The van der Waals surface area contributed by atoms with Gasteiger partial charge < -0.3 is 9.84 Å². The van der Waals surface area contributed by atoms with Crippen LogP contribution in [-0.4, -0.2) is 23.2 Å². The van der Waals surface area contributed by atoms with E-state index in [1.165, 1.54) is 6.07 Å². The summed E-state index contributed by atoms with van der Waals surface area (Å²) in [5.74, 6) is 0.0855. The van der Waals surface area contributed by atoms with Crippen molar-refractivity contribution >= 4 is 28.9 Å². The third-order valence-corrected chi connectivity index (χ3v) is 2.73.